The maximum atomic E-state index is 3.67. The van der Waals surface area contributed by atoms with Crippen LogP contribution in [0.1, 0.15) is 46.0 Å². The van der Waals surface area contributed by atoms with E-state index < -0.39 is 0 Å². The zero-order valence-corrected chi connectivity index (χ0v) is 9.83. The second kappa shape index (κ2) is 6.72. The molecule has 0 aromatic carbocycles. The van der Waals surface area contributed by atoms with Crippen molar-refractivity contribution in [3.05, 3.63) is 0 Å². The van der Waals surface area contributed by atoms with E-state index >= 15 is 0 Å². The van der Waals surface area contributed by atoms with Crippen molar-refractivity contribution in [2.45, 2.75) is 57.2 Å². The van der Waals surface area contributed by atoms with Crippen molar-refractivity contribution >= 4 is 11.8 Å². The topological polar surface area (TPSA) is 12.0 Å². The molecule has 1 saturated heterocycles. The maximum absolute atomic E-state index is 3.67. The summed E-state index contributed by atoms with van der Waals surface area (Å²) in [4.78, 5) is 0. The van der Waals surface area contributed by atoms with Gasteiger partial charge in [0.2, 0.25) is 0 Å². The van der Waals surface area contributed by atoms with Gasteiger partial charge in [-0.15, -0.1) is 0 Å². The van der Waals surface area contributed by atoms with Crippen LogP contribution >= 0.6 is 11.8 Å². The lowest BCUT2D eigenvalue weighted by Gasteiger charge is -2.29. The Morgan fingerprint density at radius 2 is 2.23 bits per heavy atom. The molecule has 0 aromatic rings. The van der Waals surface area contributed by atoms with Crippen molar-refractivity contribution < 1.29 is 0 Å². The molecule has 1 N–H and O–H groups in total. The number of thioether (sulfide) groups is 1. The van der Waals surface area contributed by atoms with Crippen LogP contribution in [0.3, 0.4) is 0 Å². The first-order valence-corrected chi connectivity index (χ1v) is 6.78. The lowest BCUT2D eigenvalue weighted by molar-refractivity contribution is 0.453. The van der Waals surface area contributed by atoms with Gasteiger partial charge in [-0.1, -0.05) is 20.3 Å². The van der Waals surface area contributed by atoms with E-state index in [4.69, 9.17) is 0 Å². The fourth-order valence-corrected chi connectivity index (χ4v) is 3.48. The first-order chi connectivity index (χ1) is 6.38. The third-order valence-corrected chi connectivity index (χ3v) is 4.28. The average molecular weight is 201 g/mol. The first-order valence-electron chi connectivity index (χ1n) is 5.73. The third-order valence-electron chi connectivity index (χ3n) is 2.76. The summed E-state index contributed by atoms with van der Waals surface area (Å²) < 4.78 is 0. The number of rotatable bonds is 5. The van der Waals surface area contributed by atoms with E-state index in [9.17, 15) is 0 Å². The predicted molar refractivity (Wildman–Crippen MR) is 62.5 cm³/mol. The zero-order chi connectivity index (χ0) is 9.52. The summed E-state index contributed by atoms with van der Waals surface area (Å²) in [7, 11) is 0. The van der Waals surface area contributed by atoms with Crippen molar-refractivity contribution in [1.29, 1.82) is 0 Å². The van der Waals surface area contributed by atoms with Gasteiger partial charge in [0.05, 0.1) is 0 Å². The molecule has 0 saturated carbocycles. The molecule has 0 aliphatic carbocycles. The average Bonchev–Trinajstić information content (AvgIpc) is 2.21. The molecule has 2 atom stereocenters. The minimum Gasteiger partial charge on any atom is -0.313 e. The van der Waals surface area contributed by atoms with Crippen LogP contribution in [0, 0.1) is 0 Å². The lowest BCUT2D eigenvalue weighted by Crippen LogP contribution is -2.39. The van der Waals surface area contributed by atoms with E-state index in [0.717, 1.165) is 11.3 Å². The summed E-state index contributed by atoms with van der Waals surface area (Å²) in [5.74, 6) is 1.38. The lowest BCUT2D eigenvalue weighted by atomic mass is 10.0. The van der Waals surface area contributed by atoms with Crippen LogP contribution in [0.2, 0.25) is 0 Å². The highest BCUT2D eigenvalue weighted by Gasteiger charge is 2.21. The Morgan fingerprint density at radius 1 is 1.38 bits per heavy atom. The van der Waals surface area contributed by atoms with Crippen molar-refractivity contribution in [2.75, 3.05) is 12.3 Å². The second-order valence-electron chi connectivity index (χ2n) is 3.87. The Morgan fingerprint density at radius 3 is 2.77 bits per heavy atom. The molecule has 0 bridgehead atoms. The minimum absolute atomic E-state index is 0.769. The predicted octanol–water partition coefficient (Wildman–Crippen LogP) is 3.05. The van der Waals surface area contributed by atoms with Gasteiger partial charge in [0.15, 0.2) is 0 Å². The molecule has 1 rings (SSSR count). The molecule has 1 nitrogen and oxygen atoms in total. The molecule has 0 amide bonds. The maximum Gasteiger partial charge on any atom is 0.0201 e. The Kier molecular flexibility index (Phi) is 5.88. The molecule has 1 aliphatic rings. The van der Waals surface area contributed by atoms with Gasteiger partial charge >= 0.3 is 0 Å². The Labute approximate surface area is 87.1 Å². The Hall–Kier alpha value is 0.310. The third kappa shape index (κ3) is 3.90. The van der Waals surface area contributed by atoms with Crippen LogP contribution in [0.4, 0.5) is 0 Å². The molecule has 2 unspecified atom stereocenters. The summed E-state index contributed by atoms with van der Waals surface area (Å²) in [6.07, 6.45) is 6.86. The van der Waals surface area contributed by atoms with Crippen LogP contribution in [0.15, 0.2) is 0 Å². The van der Waals surface area contributed by atoms with Crippen molar-refractivity contribution in [3.8, 4) is 0 Å². The molecule has 0 spiro atoms. The Bertz CT molecular complexity index is 121. The summed E-state index contributed by atoms with van der Waals surface area (Å²) >= 11 is 2.18. The van der Waals surface area contributed by atoms with Gasteiger partial charge in [0.1, 0.15) is 0 Å². The van der Waals surface area contributed by atoms with Gasteiger partial charge in [0.25, 0.3) is 0 Å². The monoisotopic (exact) mass is 201 g/mol. The molecule has 0 radical (unpaired) electrons. The largest absolute Gasteiger partial charge is 0.313 e. The number of nitrogens with one attached hydrogen (secondary N) is 1. The second-order valence-corrected chi connectivity index (χ2v) is 5.22. The van der Waals surface area contributed by atoms with Crippen molar-refractivity contribution in [2.24, 2.45) is 0 Å². The molecular formula is C11H23NS. The number of hydrogen-bond acceptors (Lipinski definition) is 2. The summed E-state index contributed by atoms with van der Waals surface area (Å²) in [5, 5.41) is 4.56. The highest BCUT2D eigenvalue weighted by molar-refractivity contribution is 8.00. The SMILES string of the molecule is CCCNC(CC)C1CCCCS1. The normalized spacial score (nSPS) is 25.8. The van der Waals surface area contributed by atoms with Crippen molar-refractivity contribution in [1.82, 2.24) is 5.32 Å². The molecule has 0 aromatic heterocycles. The van der Waals surface area contributed by atoms with Crippen molar-refractivity contribution in [3.63, 3.8) is 0 Å². The molecule has 1 heterocycles. The van der Waals surface area contributed by atoms with Crippen LogP contribution in [0.25, 0.3) is 0 Å². The highest BCUT2D eigenvalue weighted by atomic mass is 32.2. The molecule has 1 aliphatic heterocycles. The quantitative estimate of drug-likeness (QED) is 0.734. The summed E-state index contributed by atoms with van der Waals surface area (Å²) in [6, 6.07) is 0.769. The van der Waals surface area contributed by atoms with Gasteiger partial charge in [-0.05, 0) is 38.0 Å². The summed E-state index contributed by atoms with van der Waals surface area (Å²) in [5.41, 5.74) is 0. The first kappa shape index (κ1) is 11.4. The molecule has 1 fully saturated rings. The molecule has 78 valence electrons. The smallest absolute Gasteiger partial charge is 0.0201 e. The molecule has 2 heteroatoms. The number of hydrogen-bond donors (Lipinski definition) is 1. The van der Waals surface area contributed by atoms with E-state index in [2.05, 4.69) is 30.9 Å². The van der Waals surface area contributed by atoms with E-state index in [1.807, 2.05) is 0 Å². The van der Waals surface area contributed by atoms with Crippen LogP contribution in [-0.2, 0) is 0 Å². The minimum atomic E-state index is 0.769. The van der Waals surface area contributed by atoms with E-state index in [-0.39, 0.29) is 0 Å². The van der Waals surface area contributed by atoms with Gasteiger partial charge in [-0.25, -0.2) is 0 Å². The summed E-state index contributed by atoms with van der Waals surface area (Å²) in [6.45, 7) is 5.74. The van der Waals surface area contributed by atoms with Gasteiger partial charge in [0, 0.05) is 11.3 Å². The standard InChI is InChI=1S/C11H23NS/c1-3-8-12-10(4-2)11-7-5-6-9-13-11/h10-12H,3-9H2,1-2H3. The van der Waals surface area contributed by atoms with E-state index in [0.29, 0.717) is 0 Å². The van der Waals surface area contributed by atoms with E-state index in [1.54, 1.807) is 0 Å². The molecular weight excluding hydrogens is 178 g/mol. The van der Waals surface area contributed by atoms with Gasteiger partial charge < -0.3 is 5.32 Å². The van der Waals surface area contributed by atoms with Crippen LogP contribution in [0.5, 0.6) is 0 Å². The molecule has 13 heavy (non-hydrogen) atoms. The van der Waals surface area contributed by atoms with Crippen LogP contribution < -0.4 is 5.32 Å². The van der Waals surface area contributed by atoms with Gasteiger partial charge in [-0.3, -0.25) is 0 Å². The zero-order valence-electron chi connectivity index (χ0n) is 9.01. The fourth-order valence-electron chi connectivity index (χ4n) is 1.95. The van der Waals surface area contributed by atoms with E-state index in [1.165, 1.54) is 44.4 Å². The van der Waals surface area contributed by atoms with Gasteiger partial charge in [-0.2, -0.15) is 11.8 Å². The Balaban J connectivity index is 2.26. The highest BCUT2D eigenvalue weighted by Crippen LogP contribution is 2.28. The van der Waals surface area contributed by atoms with Crippen LogP contribution in [-0.4, -0.2) is 23.6 Å². The fraction of sp³-hybridized carbons (Fsp3) is 1.00.